The van der Waals surface area contributed by atoms with E-state index in [9.17, 15) is 9.59 Å². The topological polar surface area (TPSA) is 74.0 Å². The summed E-state index contributed by atoms with van der Waals surface area (Å²) in [5.41, 5.74) is 3.01. The molecule has 0 radical (unpaired) electrons. The smallest absolute Gasteiger partial charge is 0.262 e. The number of thiophene rings is 1. The molecule has 5 nitrogen and oxygen atoms in total. The van der Waals surface area contributed by atoms with E-state index in [0.717, 1.165) is 32.8 Å². The second-order valence-electron chi connectivity index (χ2n) is 8.40. The highest BCUT2D eigenvalue weighted by Crippen LogP contribution is 2.22. The molecule has 170 valence electrons. The Bertz CT molecular complexity index is 1460. The van der Waals surface area contributed by atoms with Crippen molar-refractivity contribution in [3.8, 4) is 0 Å². The molecule has 2 amide bonds. The van der Waals surface area contributed by atoms with Crippen molar-refractivity contribution in [1.29, 1.82) is 0 Å². The summed E-state index contributed by atoms with van der Waals surface area (Å²) in [6.45, 7) is 1.96. The molecule has 1 unspecified atom stereocenters. The van der Waals surface area contributed by atoms with E-state index in [4.69, 9.17) is 0 Å². The predicted octanol–water partition coefficient (Wildman–Crippen LogP) is 5.60. The molecule has 0 aliphatic heterocycles. The standard InChI is InChI=1S/C28H25N3O2S/c1-18(20-13-12-19-7-2-3-8-21(19)15-20)30-27(32)25(31-28(33)26-11-6-14-34-26)16-22-17-29-24-10-5-4-9-23(22)24/h2-15,17-18,25,29H,16H2,1H3,(H,30,32)(H,31,33)/t18?,25-/m0/s1. The number of H-pyrrole nitrogens is 1. The van der Waals surface area contributed by atoms with Crippen LogP contribution in [0.15, 0.2) is 90.4 Å². The highest BCUT2D eigenvalue weighted by Gasteiger charge is 2.25. The van der Waals surface area contributed by atoms with E-state index >= 15 is 0 Å². The number of para-hydroxylation sites is 1. The van der Waals surface area contributed by atoms with Crippen LogP contribution in [0.25, 0.3) is 21.7 Å². The highest BCUT2D eigenvalue weighted by molar-refractivity contribution is 7.12. The van der Waals surface area contributed by atoms with Gasteiger partial charge in [0, 0.05) is 23.5 Å². The number of fused-ring (bicyclic) bond motifs is 2. The second-order valence-corrected chi connectivity index (χ2v) is 9.35. The molecule has 2 atom stereocenters. The Kier molecular flexibility index (Phi) is 6.14. The minimum atomic E-state index is -0.711. The van der Waals surface area contributed by atoms with Gasteiger partial charge in [0.05, 0.1) is 10.9 Å². The summed E-state index contributed by atoms with van der Waals surface area (Å²) in [7, 11) is 0. The number of carbonyl (C=O) groups is 2. The fourth-order valence-corrected chi connectivity index (χ4v) is 4.87. The molecule has 3 aromatic carbocycles. The number of amides is 2. The van der Waals surface area contributed by atoms with Gasteiger partial charge in [-0.15, -0.1) is 11.3 Å². The van der Waals surface area contributed by atoms with Gasteiger partial charge in [-0.1, -0.05) is 60.7 Å². The lowest BCUT2D eigenvalue weighted by Crippen LogP contribution is -2.48. The van der Waals surface area contributed by atoms with Crippen molar-refractivity contribution in [2.24, 2.45) is 0 Å². The zero-order chi connectivity index (χ0) is 23.5. The molecule has 0 aliphatic rings. The van der Waals surface area contributed by atoms with Gasteiger partial charge >= 0.3 is 0 Å². The lowest BCUT2D eigenvalue weighted by atomic mass is 10.0. The van der Waals surface area contributed by atoms with Gasteiger partial charge in [0.2, 0.25) is 5.91 Å². The van der Waals surface area contributed by atoms with Crippen LogP contribution in [0.3, 0.4) is 0 Å². The summed E-state index contributed by atoms with van der Waals surface area (Å²) in [6, 6.07) is 25.0. The Balaban J connectivity index is 1.38. The molecule has 5 aromatic rings. The summed E-state index contributed by atoms with van der Waals surface area (Å²) < 4.78 is 0. The quantitative estimate of drug-likeness (QED) is 0.291. The Morgan fingerprint density at radius 2 is 1.71 bits per heavy atom. The number of benzene rings is 3. The monoisotopic (exact) mass is 467 g/mol. The maximum atomic E-state index is 13.4. The van der Waals surface area contributed by atoms with Gasteiger partial charge in [-0.05, 0) is 52.4 Å². The molecule has 2 aromatic heterocycles. The van der Waals surface area contributed by atoms with Crippen molar-refractivity contribution in [1.82, 2.24) is 15.6 Å². The number of rotatable bonds is 7. The number of carbonyl (C=O) groups excluding carboxylic acids is 2. The van der Waals surface area contributed by atoms with Crippen molar-refractivity contribution >= 4 is 44.8 Å². The van der Waals surface area contributed by atoms with E-state index < -0.39 is 6.04 Å². The maximum Gasteiger partial charge on any atom is 0.262 e. The van der Waals surface area contributed by atoms with E-state index in [1.807, 2.05) is 67.0 Å². The normalized spacial score (nSPS) is 13.0. The third-order valence-electron chi connectivity index (χ3n) is 6.10. The van der Waals surface area contributed by atoms with Gasteiger partial charge < -0.3 is 15.6 Å². The fraction of sp³-hybridized carbons (Fsp3) is 0.143. The number of aromatic nitrogens is 1. The number of aromatic amines is 1. The summed E-state index contributed by atoms with van der Waals surface area (Å²) in [4.78, 5) is 30.1. The molecule has 0 spiro atoms. The Labute approximate surface area is 201 Å². The third-order valence-corrected chi connectivity index (χ3v) is 6.97. The predicted molar refractivity (Wildman–Crippen MR) is 138 cm³/mol. The minimum absolute atomic E-state index is 0.207. The first kappa shape index (κ1) is 21.9. The molecule has 2 heterocycles. The molecule has 0 saturated carbocycles. The molecule has 34 heavy (non-hydrogen) atoms. The molecular weight excluding hydrogens is 442 g/mol. The summed E-state index contributed by atoms with van der Waals surface area (Å²) >= 11 is 1.36. The van der Waals surface area contributed by atoms with Gasteiger partial charge in [-0.3, -0.25) is 9.59 Å². The third kappa shape index (κ3) is 4.58. The van der Waals surface area contributed by atoms with E-state index in [0.29, 0.717) is 11.3 Å². The SMILES string of the molecule is CC(NC(=O)[C@H](Cc1c[nH]c2ccccc12)NC(=O)c1cccs1)c1ccc2ccccc2c1. The lowest BCUT2D eigenvalue weighted by Gasteiger charge is -2.22. The number of hydrogen-bond donors (Lipinski definition) is 3. The van der Waals surface area contributed by atoms with Crippen molar-refractivity contribution < 1.29 is 9.59 Å². The van der Waals surface area contributed by atoms with Crippen LogP contribution in [0, 0.1) is 0 Å². The van der Waals surface area contributed by atoms with Gasteiger partial charge in [0.1, 0.15) is 6.04 Å². The Morgan fingerprint density at radius 1 is 0.912 bits per heavy atom. The zero-order valence-corrected chi connectivity index (χ0v) is 19.6. The minimum Gasteiger partial charge on any atom is -0.361 e. The van der Waals surface area contributed by atoms with E-state index in [-0.39, 0.29) is 17.9 Å². The molecule has 6 heteroatoms. The van der Waals surface area contributed by atoms with E-state index in [1.165, 1.54) is 11.3 Å². The number of hydrogen-bond acceptors (Lipinski definition) is 3. The summed E-state index contributed by atoms with van der Waals surface area (Å²) in [5.74, 6) is -0.454. The van der Waals surface area contributed by atoms with Gasteiger partial charge in [0.25, 0.3) is 5.91 Å². The van der Waals surface area contributed by atoms with Crippen molar-refractivity contribution in [3.05, 3.63) is 106 Å². The van der Waals surface area contributed by atoms with E-state index in [1.54, 1.807) is 6.07 Å². The molecule has 0 saturated heterocycles. The van der Waals surface area contributed by atoms with Gasteiger partial charge in [-0.25, -0.2) is 0 Å². The molecule has 5 rings (SSSR count). The maximum absolute atomic E-state index is 13.4. The van der Waals surface area contributed by atoms with Gasteiger partial charge in [0.15, 0.2) is 0 Å². The van der Waals surface area contributed by atoms with Crippen molar-refractivity contribution in [2.45, 2.75) is 25.4 Å². The van der Waals surface area contributed by atoms with Crippen molar-refractivity contribution in [3.63, 3.8) is 0 Å². The Hall–Kier alpha value is -3.90. The molecule has 0 fully saturated rings. The van der Waals surface area contributed by atoms with Crippen LogP contribution in [0.5, 0.6) is 0 Å². The van der Waals surface area contributed by atoms with Crippen LogP contribution in [-0.4, -0.2) is 22.8 Å². The van der Waals surface area contributed by atoms with Crippen LogP contribution >= 0.6 is 11.3 Å². The number of nitrogens with one attached hydrogen (secondary N) is 3. The van der Waals surface area contributed by atoms with Gasteiger partial charge in [-0.2, -0.15) is 0 Å². The van der Waals surface area contributed by atoms with Crippen LogP contribution < -0.4 is 10.6 Å². The van der Waals surface area contributed by atoms with Crippen LogP contribution in [0.4, 0.5) is 0 Å². The summed E-state index contributed by atoms with van der Waals surface area (Å²) in [5, 5.41) is 11.3. The molecular formula is C28H25N3O2S. The first-order valence-electron chi connectivity index (χ1n) is 11.3. The average molecular weight is 468 g/mol. The van der Waals surface area contributed by atoms with Crippen LogP contribution in [0.1, 0.15) is 33.8 Å². The van der Waals surface area contributed by atoms with E-state index in [2.05, 4.69) is 39.9 Å². The largest absolute Gasteiger partial charge is 0.361 e. The fourth-order valence-electron chi connectivity index (χ4n) is 4.24. The molecule has 0 bridgehead atoms. The zero-order valence-electron chi connectivity index (χ0n) is 18.7. The van der Waals surface area contributed by atoms with Crippen LogP contribution in [-0.2, 0) is 11.2 Å². The summed E-state index contributed by atoms with van der Waals surface area (Å²) in [6.07, 6.45) is 2.30. The second kappa shape index (κ2) is 9.53. The first-order valence-corrected chi connectivity index (χ1v) is 12.1. The highest BCUT2D eigenvalue weighted by atomic mass is 32.1. The van der Waals surface area contributed by atoms with Crippen molar-refractivity contribution in [2.75, 3.05) is 0 Å². The molecule has 3 N–H and O–H groups in total. The van der Waals surface area contributed by atoms with Crippen LogP contribution in [0.2, 0.25) is 0 Å². The average Bonchev–Trinajstić information content (AvgIpc) is 3.54. The molecule has 0 aliphatic carbocycles. The Morgan fingerprint density at radius 3 is 2.53 bits per heavy atom. The lowest BCUT2D eigenvalue weighted by molar-refractivity contribution is -0.123. The first-order chi connectivity index (χ1) is 16.6.